The summed E-state index contributed by atoms with van der Waals surface area (Å²) in [5, 5.41) is 3.49. The molecule has 1 amide bonds. The number of anilines is 2. The number of thiazole rings is 1. The number of rotatable bonds is 2. The first kappa shape index (κ1) is 12.6. The summed E-state index contributed by atoms with van der Waals surface area (Å²) < 4.78 is 0.856. The SMILES string of the molecule is Nc1cc(Br)ccc1C(=O)Nc1nc2c(s1)CCC2. The molecule has 6 heteroatoms. The Hall–Kier alpha value is -1.40. The van der Waals surface area contributed by atoms with Crippen LogP contribution in [-0.4, -0.2) is 10.9 Å². The standard InChI is InChI=1S/C13H12BrN3OS/c14-7-4-5-8(9(15)6-7)12(18)17-13-16-10-2-1-3-11(10)19-13/h4-6H,1-3,15H2,(H,16,17,18). The van der Waals surface area contributed by atoms with Gasteiger partial charge in [0.1, 0.15) is 0 Å². The highest BCUT2D eigenvalue weighted by Gasteiger charge is 2.18. The number of nitrogen functional groups attached to an aromatic ring is 1. The summed E-state index contributed by atoms with van der Waals surface area (Å²) in [7, 11) is 0. The molecule has 19 heavy (non-hydrogen) atoms. The highest BCUT2D eigenvalue weighted by molar-refractivity contribution is 9.10. The monoisotopic (exact) mass is 337 g/mol. The van der Waals surface area contributed by atoms with Crippen LogP contribution in [0.4, 0.5) is 10.8 Å². The number of fused-ring (bicyclic) bond motifs is 1. The summed E-state index contributed by atoms with van der Waals surface area (Å²) in [4.78, 5) is 17.9. The second kappa shape index (κ2) is 4.94. The molecule has 1 aliphatic rings. The largest absolute Gasteiger partial charge is 0.398 e. The molecule has 1 aliphatic carbocycles. The number of nitrogens with one attached hydrogen (secondary N) is 1. The first-order chi connectivity index (χ1) is 9.13. The molecule has 3 N–H and O–H groups in total. The lowest BCUT2D eigenvalue weighted by molar-refractivity contribution is 0.102. The molecule has 0 spiro atoms. The van der Waals surface area contributed by atoms with Crippen molar-refractivity contribution in [1.82, 2.24) is 4.98 Å². The zero-order chi connectivity index (χ0) is 13.4. The molecule has 4 nitrogen and oxygen atoms in total. The number of hydrogen-bond acceptors (Lipinski definition) is 4. The number of benzene rings is 1. The fraction of sp³-hybridized carbons (Fsp3) is 0.231. The van der Waals surface area contributed by atoms with Crippen LogP contribution in [0.25, 0.3) is 0 Å². The zero-order valence-corrected chi connectivity index (χ0v) is 12.5. The molecule has 0 fully saturated rings. The summed E-state index contributed by atoms with van der Waals surface area (Å²) in [5.41, 5.74) is 7.89. The van der Waals surface area contributed by atoms with Crippen molar-refractivity contribution in [2.75, 3.05) is 11.1 Å². The molecule has 0 unspecified atom stereocenters. The second-order valence-electron chi connectivity index (χ2n) is 4.43. The number of nitrogens with two attached hydrogens (primary N) is 1. The number of carbonyl (C=O) groups excluding carboxylic acids is 1. The summed E-state index contributed by atoms with van der Waals surface area (Å²) in [6.45, 7) is 0. The topological polar surface area (TPSA) is 68.0 Å². The van der Waals surface area contributed by atoms with E-state index in [1.165, 1.54) is 11.3 Å². The van der Waals surface area contributed by atoms with Crippen LogP contribution in [0.15, 0.2) is 22.7 Å². The van der Waals surface area contributed by atoms with Crippen molar-refractivity contribution in [3.05, 3.63) is 38.8 Å². The van der Waals surface area contributed by atoms with Crippen LogP contribution in [-0.2, 0) is 12.8 Å². The van der Waals surface area contributed by atoms with Gasteiger partial charge in [-0.3, -0.25) is 10.1 Å². The Balaban J connectivity index is 1.80. The summed E-state index contributed by atoms with van der Waals surface area (Å²) in [5.74, 6) is -0.211. The number of aromatic nitrogens is 1. The number of hydrogen-bond donors (Lipinski definition) is 2. The van der Waals surface area contributed by atoms with Crippen molar-refractivity contribution in [3.63, 3.8) is 0 Å². The Morgan fingerprint density at radius 1 is 1.42 bits per heavy atom. The molecule has 1 aromatic heterocycles. The number of amides is 1. The van der Waals surface area contributed by atoms with E-state index in [1.807, 2.05) is 0 Å². The van der Waals surface area contributed by atoms with Crippen LogP contribution >= 0.6 is 27.3 Å². The normalized spacial score (nSPS) is 13.3. The molecule has 0 atom stereocenters. The summed E-state index contributed by atoms with van der Waals surface area (Å²) in [6.07, 6.45) is 3.26. The summed E-state index contributed by atoms with van der Waals surface area (Å²) in [6, 6.07) is 5.22. The molecule has 2 aromatic rings. The minimum absolute atomic E-state index is 0.211. The van der Waals surface area contributed by atoms with Gasteiger partial charge in [0.2, 0.25) is 0 Å². The van der Waals surface area contributed by atoms with E-state index < -0.39 is 0 Å². The van der Waals surface area contributed by atoms with Crippen molar-refractivity contribution in [3.8, 4) is 0 Å². The van der Waals surface area contributed by atoms with Crippen LogP contribution < -0.4 is 11.1 Å². The van der Waals surface area contributed by atoms with Gasteiger partial charge in [-0.15, -0.1) is 11.3 Å². The third-order valence-corrected chi connectivity index (χ3v) is 4.64. The fourth-order valence-electron chi connectivity index (χ4n) is 2.15. The highest BCUT2D eigenvalue weighted by Crippen LogP contribution is 2.31. The van der Waals surface area contributed by atoms with Crippen molar-refractivity contribution in [2.24, 2.45) is 0 Å². The Kier molecular flexibility index (Phi) is 3.28. The predicted octanol–water partition coefficient (Wildman–Crippen LogP) is 3.23. The molecule has 1 heterocycles. The molecule has 1 aromatic carbocycles. The van der Waals surface area contributed by atoms with Crippen molar-refractivity contribution in [1.29, 1.82) is 0 Å². The van der Waals surface area contributed by atoms with Crippen LogP contribution in [0.5, 0.6) is 0 Å². The van der Waals surface area contributed by atoms with Gasteiger partial charge < -0.3 is 5.73 Å². The molecule has 3 rings (SSSR count). The predicted molar refractivity (Wildman–Crippen MR) is 80.6 cm³/mol. The zero-order valence-electron chi connectivity index (χ0n) is 10.1. The van der Waals surface area contributed by atoms with E-state index in [1.54, 1.807) is 29.5 Å². The first-order valence-corrected chi connectivity index (χ1v) is 7.59. The first-order valence-electron chi connectivity index (χ1n) is 5.98. The van der Waals surface area contributed by atoms with Gasteiger partial charge >= 0.3 is 0 Å². The molecule has 0 bridgehead atoms. The smallest absolute Gasteiger partial charge is 0.259 e. The van der Waals surface area contributed by atoms with E-state index in [9.17, 15) is 4.79 Å². The van der Waals surface area contributed by atoms with Gasteiger partial charge in [0.05, 0.1) is 11.3 Å². The average molecular weight is 338 g/mol. The van der Waals surface area contributed by atoms with Crippen LogP contribution in [0.1, 0.15) is 27.3 Å². The van der Waals surface area contributed by atoms with Crippen molar-refractivity contribution < 1.29 is 4.79 Å². The van der Waals surface area contributed by atoms with E-state index in [-0.39, 0.29) is 5.91 Å². The van der Waals surface area contributed by atoms with Crippen LogP contribution in [0.3, 0.4) is 0 Å². The van der Waals surface area contributed by atoms with Gasteiger partial charge in [0.15, 0.2) is 5.13 Å². The highest BCUT2D eigenvalue weighted by atomic mass is 79.9. The van der Waals surface area contributed by atoms with Gasteiger partial charge in [-0.2, -0.15) is 0 Å². The van der Waals surface area contributed by atoms with E-state index in [2.05, 4.69) is 26.2 Å². The molecular formula is C13H12BrN3OS. The van der Waals surface area contributed by atoms with Crippen LogP contribution in [0.2, 0.25) is 0 Å². The fourth-order valence-corrected chi connectivity index (χ4v) is 3.57. The number of halogens is 1. The lowest BCUT2D eigenvalue weighted by Crippen LogP contribution is -2.13. The maximum atomic E-state index is 12.1. The van der Waals surface area contributed by atoms with Gasteiger partial charge in [-0.05, 0) is 37.5 Å². The van der Waals surface area contributed by atoms with E-state index in [0.29, 0.717) is 16.4 Å². The lowest BCUT2D eigenvalue weighted by atomic mass is 10.2. The number of carbonyl (C=O) groups is 1. The third kappa shape index (κ3) is 2.50. The Morgan fingerprint density at radius 3 is 3.00 bits per heavy atom. The Bertz CT molecular complexity index is 632. The van der Waals surface area contributed by atoms with Gasteiger partial charge in [-0.1, -0.05) is 15.9 Å². The maximum Gasteiger partial charge on any atom is 0.259 e. The van der Waals surface area contributed by atoms with Gasteiger partial charge in [0.25, 0.3) is 5.91 Å². The van der Waals surface area contributed by atoms with E-state index >= 15 is 0 Å². The molecule has 98 valence electrons. The van der Waals surface area contributed by atoms with E-state index in [0.717, 1.165) is 23.0 Å². The number of nitrogens with zero attached hydrogens (tertiary/aromatic N) is 1. The minimum atomic E-state index is -0.211. The average Bonchev–Trinajstić information content (AvgIpc) is 2.89. The van der Waals surface area contributed by atoms with Crippen molar-refractivity contribution in [2.45, 2.75) is 19.3 Å². The quantitative estimate of drug-likeness (QED) is 0.826. The number of aryl methyl sites for hydroxylation is 2. The van der Waals surface area contributed by atoms with Gasteiger partial charge in [-0.25, -0.2) is 4.98 Å². The van der Waals surface area contributed by atoms with Crippen molar-refractivity contribution >= 4 is 44.0 Å². The molecule has 0 aliphatic heterocycles. The van der Waals surface area contributed by atoms with Gasteiger partial charge in [0, 0.05) is 15.0 Å². The maximum absolute atomic E-state index is 12.1. The Labute approximate surface area is 123 Å². The minimum Gasteiger partial charge on any atom is -0.398 e. The molecular weight excluding hydrogens is 326 g/mol. The molecule has 0 saturated heterocycles. The lowest BCUT2D eigenvalue weighted by Gasteiger charge is -2.05. The van der Waals surface area contributed by atoms with Crippen LogP contribution in [0, 0.1) is 0 Å². The second-order valence-corrected chi connectivity index (χ2v) is 6.43. The molecule has 0 saturated carbocycles. The summed E-state index contributed by atoms with van der Waals surface area (Å²) >= 11 is 4.88. The Morgan fingerprint density at radius 2 is 2.26 bits per heavy atom. The molecule has 0 radical (unpaired) electrons. The van der Waals surface area contributed by atoms with E-state index in [4.69, 9.17) is 5.73 Å². The third-order valence-electron chi connectivity index (χ3n) is 3.07.